The number of rotatable bonds is 6. The van der Waals surface area contributed by atoms with Crippen molar-refractivity contribution in [2.45, 2.75) is 40.7 Å². The first-order valence-corrected chi connectivity index (χ1v) is 9.36. The van der Waals surface area contributed by atoms with E-state index >= 15 is 0 Å². The van der Waals surface area contributed by atoms with Crippen molar-refractivity contribution in [1.29, 1.82) is 0 Å². The van der Waals surface area contributed by atoms with Gasteiger partial charge < -0.3 is 5.32 Å². The van der Waals surface area contributed by atoms with Crippen molar-refractivity contribution < 1.29 is 4.79 Å². The molecule has 0 aliphatic carbocycles. The number of halogens is 1. The second kappa shape index (κ2) is 7.96. The second-order valence-electron chi connectivity index (χ2n) is 7.04. The summed E-state index contributed by atoms with van der Waals surface area (Å²) in [7, 11) is 0. The lowest BCUT2D eigenvalue weighted by molar-refractivity contribution is -0.115. The van der Waals surface area contributed by atoms with Gasteiger partial charge in [-0.05, 0) is 38.0 Å². The van der Waals surface area contributed by atoms with Crippen molar-refractivity contribution in [2.75, 3.05) is 5.32 Å². The Morgan fingerprint density at radius 1 is 1.26 bits per heavy atom. The molecule has 1 N–H and O–H groups in total. The first-order chi connectivity index (χ1) is 12.9. The number of hydrogen-bond acceptors (Lipinski definition) is 3. The minimum atomic E-state index is -0.110. The molecule has 0 aliphatic rings. The molecule has 0 bridgehead atoms. The largest absolute Gasteiger partial charge is 0.324 e. The first-order valence-electron chi connectivity index (χ1n) is 8.98. The van der Waals surface area contributed by atoms with E-state index in [1.165, 1.54) is 0 Å². The van der Waals surface area contributed by atoms with Crippen LogP contribution in [0.4, 0.5) is 5.69 Å². The fraction of sp³-hybridized carbons (Fsp3) is 0.350. The number of amides is 1. The number of benzene rings is 1. The van der Waals surface area contributed by atoms with E-state index in [0.717, 1.165) is 23.5 Å². The smallest absolute Gasteiger partial charge is 0.228 e. The zero-order valence-corrected chi connectivity index (χ0v) is 16.8. The fourth-order valence-electron chi connectivity index (χ4n) is 3.12. The third-order valence-corrected chi connectivity index (χ3v) is 4.71. The standard InChI is InChI=1S/C20H24ClN5O/c1-13(2)12-26-15(4)16(14(3)24-26)11-19(27)23-18-8-5-7-17(21)20(18)25-10-6-9-22-25/h5-10,13H,11-12H2,1-4H3,(H,23,27). The molecule has 0 unspecified atom stereocenters. The molecule has 0 spiro atoms. The van der Waals surface area contributed by atoms with Gasteiger partial charge in [0.2, 0.25) is 5.91 Å². The van der Waals surface area contributed by atoms with E-state index in [2.05, 4.69) is 29.4 Å². The third-order valence-electron chi connectivity index (χ3n) is 4.40. The molecule has 1 amide bonds. The summed E-state index contributed by atoms with van der Waals surface area (Å²) < 4.78 is 3.63. The molecule has 27 heavy (non-hydrogen) atoms. The Balaban J connectivity index is 1.82. The summed E-state index contributed by atoms with van der Waals surface area (Å²) >= 11 is 6.34. The van der Waals surface area contributed by atoms with E-state index < -0.39 is 0 Å². The summed E-state index contributed by atoms with van der Waals surface area (Å²) in [5.74, 6) is 0.383. The predicted octanol–water partition coefficient (Wildman–Crippen LogP) is 4.18. The monoisotopic (exact) mass is 385 g/mol. The van der Waals surface area contributed by atoms with Gasteiger partial charge in [-0.15, -0.1) is 0 Å². The number of carbonyl (C=O) groups is 1. The average molecular weight is 386 g/mol. The van der Waals surface area contributed by atoms with Gasteiger partial charge in [0.15, 0.2) is 0 Å². The summed E-state index contributed by atoms with van der Waals surface area (Å²) in [5.41, 5.74) is 4.18. The Morgan fingerprint density at radius 2 is 2.04 bits per heavy atom. The Kier molecular flexibility index (Phi) is 5.65. The highest BCUT2D eigenvalue weighted by atomic mass is 35.5. The van der Waals surface area contributed by atoms with Crippen molar-refractivity contribution in [3.05, 3.63) is 58.6 Å². The topological polar surface area (TPSA) is 64.7 Å². The molecule has 3 rings (SSSR count). The lowest BCUT2D eigenvalue weighted by Crippen LogP contribution is -2.17. The minimum Gasteiger partial charge on any atom is -0.324 e. The fourth-order valence-corrected chi connectivity index (χ4v) is 3.38. The molecular weight excluding hydrogens is 362 g/mol. The van der Waals surface area contributed by atoms with Crippen molar-refractivity contribution in [3.8, 4) is 5.69 Å². The highest BCUT2D eigenvalue weighted by Gasteiger charge is 2.17. The average Bonchev–Trinajstić information content (AvgIpc) is 3.19. The van der Waals surface area contributed by atoms with E-state index in [-0.39, 0.29) is 12.3 Å². The van der Waals surface area contributed by atoms with E-state index in [1.807, 2.05) is 36.7 Å². The Bertz CT molecular complexity index is 944. The highest BCUT2D eigenvalue weighted by Crippen LogP contribution is 2.28. The zero-order valence-electron chi connectivity index (χ0n) is 16.0. The molecule has 6 nitrogen and oxygen atoms in total. The Morgan fingerprint density at radius 3 is 2.70 bits per heavy atom. The molecule has 0 saturated carbocycles. The molecular formula is C20H24ClN5O. The van der Waals surface area contributed by atoms with Gasteiger partial charge >= 0.3 is 0 Å². The number of para-hydroxylation sites is 1. The normalized spacial score (nSPS) is 11.2. The van der Waals surface area contributed by atoms with Crippen molar-refractivity contribution in [3.63, 3.8) is 0 Å². The van der Waals surface area contributed by atoms with E-state index in [1.54, 1.807) is 23.1 Å². The number of aromatic nitrogens is 4. The number of carbonyl (C=O) groups excluding carboxylic acids is 1. The minimum absolute atomic E-state index is 0.110. The van der Waals surface area contributed by atoms with Crippen molar-refractivity contribution in [2.24, 2.45) is 5.92 Å². The Labute approximate surface area is 164 Å². The Hall–Kier alpha value is -2.60. The van der Waals surface area contributed by atoms with Gasteiger partial charge in [-0.3, -0.25) is 9.48 Å². The quantitative estimate of drug-likeness (QED) is 0.692. The van der Waals surface area contributed by atoms with E-state index in [9.17, 15) is 4.79 Å². The summed E-state index contributed by atoms with van der Waals surface area (Å²) in [6.45, 7) is 9.10. The van der Waals surface area contributed by atoms with Crippen LogP contribution in [0.5, 0.6) is 0 Å². The van der Waals surface area contributed by atoms with Crippen molar-refractivity contribution >= 4 is 23.2 Å². The molecule has 0 atom stereocenters. The van der Waals surface area contributed by atoms with Gasteiger partial charge in [-0.25, -0.2) is 4.68 Å². The lowest BCUT2D eigenvalue weighted by Gasteiger charge is -2.13. The number of nitrogens with zero attached hydrogens (tertiary/aromatic N) is 4. The summed E-state index contributed by atoms with van der Waals surface area (Å²) in [6.07, 6.45) is 3.73. The molecule has 2 heterocycles. The van der Waals surface area contributed by atoms with Crippen LogP contribution in [0.2, 0.25) is 5.02 Å². The van der Waals surface area contributed by atoms with Gasteiger partial charge in [0.25, 0.3) is 0 Å². The maximum Gasteiger partial charge on any atom is 0.228 e. The summed E-state index contributed by atoms with van der Waals surface area (Å²) in [4.78, 5) is 12.7. The van der Waals surface area contributed by atoms with Crippen LogP contribution in [-0.4, -0.2) is 25.5 Å². The number of anilines is 1. The van der Waals surface area contributed by atoms with Gasteiger partial charge in [0.05, 0.1) is 22.8 Å². The van der Waals surface area contributed by atoms with E-state index in [4.69, 9.17) is 11.6 Å². The molecule has 1 aromatic carbocycles. The molecule has 142 valence electrons. The van der Waals surface area contributed by atoms with Crippen LogP contribution in [0.3, 0.4) is 0 Å². The van der Waals surface area contributed by atoms with Crippen molar-refractivity contribution in [1.82, 2.24) is 19.6 Å². The number of nitrogens with one attached hydrogen (secondary N) is 1. The molecule has 0 saturated heterocycles. The number of hydrogen-bond donors (Lipinski definition) is 1. The van der Waals surface area contributed by atoms with Crippen LogP contribution in [-0.2, 0) is 17.8 Å². The molecule has 0 aliphatic heterocycles. The predicted molar refractivity (Wildman–Crippen MR) is 107 cm³/mol. The van der Waals surface area contributed by atoms with Crippen LogP contribution in [0.1, 0.15) is 30.8 Å². The van der Waals surface area contributed by atoms with Crippen LogP contribution in [0.15, 0.2) is 36.7 Å². The molecule has 0 radical (unpaired) electrons. The van der Waals surface area contributed by atoms with Crippen LogP contribution < -0.4 is 5.32 Å². The molecule has 3 aromatic rings. The van der Waals surface area contributed by atoms with Crippen LogP contribution in [0, 0.1) is 19.8 Å². The van der Waals surface area contributed by atoms with Gasteiger partial charge in [-0.1, -0.05) is 31.5 Å². The lowest BCUT2D eigenvalue weighted by atomic mass is 10.1. The SMILES string of the molecule is Cc1nn(CC(C)C)c(C)c1CC(=O)Nc1cccc(Cl)c1-n1cccn1. The maximum absolute atomic E-state index is 12.7. The van der Waals surface area contributed by atoms with Crippen LogP contribution in [0.25, 0.3) is 5.69 Å². The molecule has 2 aromatic heterocycles. The number of aryl methyl sites for hydroxylation is 1. The summed E-state index contributed by atoms with van der Waals surface area (Å²) in [6, 6.07) is 7.22. The zero-order chi connectivity index (χ0) is 19.6. The molecule has 0 fully saturated rings. The van der Waals surface area contributed by atoms with Crippen LogP contribution >= 0.6 is 11.6 Å². The van der Waals surface area contributed by atoms with Gasteiger partial charge in [0, 0.05) is 30.2 Å². The molecule has 7 heteroatoms. The second-order valence-corrected chi connectivity index (χ2v) is 7.44. The van der Waals surface area contributed by atoms with Gasteiger partial charge in [-0.2, -0.15) is 10.2 Å². The summed E-state index contributed by atoms with van der Waals surface area (Å²) in [5, 5.41) is 12.3. The first kappa shape index (κ1) is 19.2. The van der Waals surface area contributed by atoms with E-state index in [0.29, 0.717) is 22.3 Å². The highest BCUT2D eigenvalue weighted by molar-refractivity contribution is 6.33. The maximum atomic E-state index is 12.7. The third kappa shape index (κ3) is 4.22. The van der Waals surface area contributed by atoms with Gasteiger partial charge in [0.1, 0.15) is 5.69 Å².